The Bertz CT molecular complexity index is 1070. The van der Waals surface area contributed by atoms with E-state index in [-0.39, 0.29) is 12.3 Å². The lowest BCUT2D eigenvalue weighted by atomic mass is 10.2. The maximum Gasteiger partial charge on any atom is 0.407 e. The van der Waals surface area contributed by atoms with Crippen LogP contribution < -0.4 is 5.32 Å². The number of rotatable bonds is 5. The molecule has 0 aliphatic carbocycles. The van der Waals surface area contributed by atoms with Gasteiger partial charge < -0.3 is 14.8 Å². The van der Waals surface area contributed by atoms with Gasteiger partial charge >= 0.3 is 12.1 Å². The summed E-state index contributed by atoms with van der Waals surface area (Å²) in [4.78, 5) is 28.7. The number of fused-ring (bicyclic) bond motifs is 1. The number of amides is 1. The summed E-state index contributed by atoms with van der Waals surface area (Å²) >= 11 is 0. The number of aromatic nitrogens is 4. The van der Waals surface area contributed by atoms with E-state index in [0.717, 1.165) is 16.6 Å². The number of esters is 1. The van der Waals surface area contributed by atoms with Crippen LogP contribution in [0.1, 0.15) is 43.9 Å². The zero-order valence-electron chi connectivity index (χ0n) is 17.7. The molecular formula is C21H25N5O4. The van der Waals surface area contributed by atoms with Crippen molar-refractivity contribution in [3.8, 4) is 5.69 Å². The number of hydrogen-bond acceptors (Lipinski definition) is 7. The molecule has 158 valence electrons. The van der Waals surface area contributed by atoms with Crippen LogP contribution in [0.4, 0.5) is 4.79 Å². The van der Waals surface area contributed by atoms with Crippen molar-refractivity contribution < 1.29 is 19.1 Å². The van der Waals surface area contributed by atoms with E-state index < -0.39 is 23.7 Å². The Hall–Kier alpha value is -3.49. The second-order valence-corrected chi connectivity index (χ2v) is 7.93. The van der Waals surface area contributed by atoms with Crippen molar-refractivity contribution >= 4 is 23.0 Å². The molecule has 0 spiro atoms. The van der Waals surface area contributed by atoms with Gasteiger partial charge in [0.15, 0.2) is 5.69 Å². The first-order valence-corrected chi connectivity index (χ1v) is 9.59. The Labute approximate surface area is 174 Å². The minimum atomic E-state index is -0.621. The standard InChI is InChI=1S/C21H25N5O4/c1-13(23-20(28)30-21(3,4)5)12-29-19(27)17-14(2)26(25-24-17)16-10-6-8-15-9-7-11-22-18(15)16/h6-11,13H,12H2,1-5H3,(H,23,28). The summed E-state index contributed by atoms with van der Waals surface area (Å²) in [6.07, 6.45) is 1.13. The third-order valence-corrected chi connectivity index (χ3v) is 4.16. The average molecular weight is 411 g/mol. The molecular weight excluding hydrogens is 386 g/mol. The third-order valence-electron chi connectivity index (χ3n) is 4.16. The highest BCUT2D eigenvalue weighted by Crippen LogP contribution is 2.21. The van der Waals surface area contributed by atoms with Gasteiger partial charge in [-0.05, 0) is 46.8 Å². The van der Waals surface area contributed by atoms with Crippen molar-refractivity contribution in [1.82, 2.24) is 25.3 Å². The predicted molar refractivity (Wildman–Crippen MR) is 111 cm³/mol. The summed E-state index contributed by atoms with van der Waals surface area (Å²) in [5.41, 5.74) is 1.51. The SMILES string of the molecule is Cc1c(C(=O)OCC(C)NC(=O)OC(C)(C)C)nnn1-c1cccc2cccnc12. The van der Waals surface area contributed by atoms with Gasteiger partial charge in [-0.1, -0.05) is 23.4 Å². The first kappa shape index (κ1) is 21.2. The van der Waals surface area contributed by atoms with E-state index >= 15 is 0 Å². The highest BCUT2D eigenvalue weighted by atomic mass is 16.6. The van der Waals surface area contributed by atoms with Crippen LogP contribution in [0.5, 0.6) is 0 Å². The molecule has 9 nitrogen and oxygen atoms in total. The molecule has 0 radical (unpaired) electrons. The monoisotopic (exact) mass is 411 g/mol. The molecule has 3 aromatic rings. The van der Waals surface area contributed by atoms with Crippen LogP contribution in [0.15, 0.2) is 36.5 Å². The third kappa shape index (κ3) is 4.91. The molecule has 1 aromatic carbocycles. The van der Waals surface area contributed by atoms with Crippen molar-refractivity contribution in [2.45, 2.75) is 46.3 Å². The summed E-state index contributed by atoms with van der Waals surface area (Å²) in [6, 6.07) is 9.08. The van der Waals surface area contributed by atoms with Gasteiger partial charge in [-0.3, -0.25) is 4.98 Å². The van der Waals surface area contributed by atoms with Crippen LogP contribution in [-0.4, -0.2) is 50.3 Å². The van der Waals surface area contributed by atoms with E-state index in [1.807, 2.05) is 30.3 Å². The van der Waals surface area contributed by atoms with Crippen LogP contribution in [0.25, 0.3) is 16.6 Å². The molecule has 2 heterocycles. The quantitative estimate of drug-likeness (QED) is 0.642. The summed E-state index contributed by atoms with van der Waals surface area (Å²) in [6.45, 7) is 8.74. The van der Waals surface area contributed by atoms with Crippen molar-refractivity contribution in [2.75, 3.05) is 6.61 Å². The van der Waals surface area contributed by atoms with Crippen molar-refractivity contribution in [3.05, 3.63) is 47.9 Å². The number of carbonyl (C=O) groups is 2. The first-order chi connectivity index (χ1) is 14.2. The molecule has 0 saturated heterocycles. The fourth-order valence-electron chi connectivity index (χ4n) is 2.83. The maximum absolute atomic E-state index is 12.5. The zero-order valence-corrected chi connectivity index (χ0v) is 17.7. The van der Waals surface area contributed by atoms with Gasteiger partial charge in [0, 0.05) is 11.6 Å². The average Bonchev–Trinajstić information content (AvgIpc) is 3.05. The number of alkyl carbamates (subject to hydrolysis) is 1. The summed E-state index contributed by atoms with van der Waals surface area (Å²) < 4.78 is 12.0. The Morgan fingerprint density at radius 2 is 1.93 bits per heavy atom. The van der Waals surface area contributed by atoms with E-state index in [1.54, 1.807) is 45.5 Å². The van der Waals surface area contributed by atoms with Gasteiger partial charge in [0.25, 0.3) is 0 Å². The molecule has 0 aliphatic rings. The number of para-hydroxylation sites is 1. The van der Waals surface area contributed by atoms with Gasteiger partial charge in [-0.15, -0.1) is 5.10 Å². The number of nitrogens with zero attached hydrogens (tertiary/aromatic N) is 4. The molecule has 9 heteroatoms. The fraction of sp³-hybridized carbons (Fsp3) is 0.381. The molecule has 0 saturated carbocycles. The maximum atomic E-state index is 12.5. The number of carbonyl (C=O) groups excluding carboxylic acids is 2. The van der Waals surface area contributed by atoms with Crippen molar-refractivity contribution in [2.24, 2.45) is 0 Å². The largest absolute Gasteiger partial charge is 0.459 e. The van der Waals surface area contributed by atoms with Crippen LogP contribution >= 0.6 is 0 Å². The molecule has 0 aliphatic heterocycles. The minimum absolute atomic E-state index is 0.0276. The molecule has 2 aromatic heterocycles. The summed E-state index contributed by atoms with van der Waals surface area (Å²) in [5, 5.41) is 11.7. The van der Waals surface area contributed by atoms with Gasteiger partial charge in [-0.25, -0.2) is 14.3 Å². The normalized spacial score (nSPS) is 12.4. The lowest BCUT2D eigenvalue weighted by Crippen LogP contribution is -2.40. The highest BCUT2D eigenvalue weighted by molar-refractivity contribution is 5.89. The first-order valence-electron chi connectivity index (χ1n) is 9.59. The smallest absolute Gasteiger partial charge is 0.407 e. The molecule has 0 fully saturated rings. The Balaban J connectivity index is 1.68. The van der Waals surface area contributed by atoms with Crippen LogP contribution in [-0.2, 0) is 9.47 Å². The van der Waals surface area contributed by atoms with Gasteiger partial charge in [0.1, 0.15) is 12.2 Å². The molecule has 1 N–H and O–H groups in total. The fourth-order valence-corrected chi connectivity index (χ4v) is 2.83. The summed E-state index contributed by atoms with van der Waals surface area (Å²) in [5.74, 6) is -0.621. The van der Waals surface area contributed by atoms with Crippen molar-refractivity contribution in [3.63, 3.8) is 0 Å². The summed E-state index contributed by atoms with van der Waals surface area (Å²) in [7, 11) is 0. The Morgan fingerprint density at radius 3 is 2.67 bits per heavy atom. The lowest BCUT2D eigenvalue weighted by Gasteiger charge is -2.21. The second-order valence-electron chi connectivity index (χ2n) is 7.93. The van der Waals surface area contributed by atoms with E-state index in [4.69, 9.17) is 9.47 Å². The predicted octanol–water partition coefficient (Wildman–Crippen LogP) is 3.19. The molecule has 1 unspecified atom stereocenters. The van der Waals surface area contributed by atoms with Gasteiger partial charge in [-0.2, -0.15) is 0 Å². The van der Waals surface area contributed by atoms with Crippen LogP contribution in [0.2, 0.25) is 0 Å². The second kappa shape index (κ2) is 8.48. The molecule has 1 atom stereocenters. The topological polar surface area (TPSA) is 108 Å². The van der Waals surface area contributed by atoms with Gasteiger partial charge in [0.05, 0.1) is 22.9 Å². The number of hydrogen-bond donors (Lipinski definition) is 1. The lowest BCUT2D eigenvalue weighted by molar-refractivity contribution is 0.0376. The van der Waals surface area contributed by atoms with E-state index in [1.165, 1.54) is 0 Å². The van der Waals surface area contributed by atoms with Crippen LogP contribution in [0.3, 0.4) is 0 Å². The molecule has 0 bridgehead atoms. The number of pyridine rings is 1. The number of benzene rings is 1. The minimum Gasteiger partial charge on any atom is -0.459 e. The van der Waals surface area contributed by atoms with Crippen LogP contribution in [0, 0.1) is 6.92 Å². The number of nitrogens with one attached hydrogen (secondary N) is 1. The van der Waals surface area contributed by atoms with E-state index in [2.05, 4.69) is 20.6 Å². The molecule has 3 rings (SSSR count). The number of ether oxygens (including phenoxy) is 2. The highest BCUT2D eigenvalue weighted by Gasteiger charge is 2.22. The molecule has 30 heavy (non-hydrogen) atoms. The zero-order chi connectivity index (χ0) is 21.9. The van der Waals surface area contributed by atoms with E-state index in [9.17, 15) is 9.59 Å². The van der Waals surface area contributed by atoms with E-state index in [0.29, 0.717) is 5.69 Å². The Morgan fingerprint density at radius 1 is 1.20 bits per heavy atom. The Kier molecular flexibility index (Phi) is 6.00. The molecule has 1 amide bonds. The van der Waals surface area contributed by atoms with Gasteiger partial charge in [0.2, 0.25) is 0 Å². The van der Waals surface area contributed by atoms with Crippen molar-refractivity contribution in [1.29, 1.82) is 0 Å².